The quantitative estimate of drug-likeness (QED) is 0.794. The molecule has 0 spiro atoms. The normalized spacial score (nSPS) is 10.7. The summed E-state index contributed by atoms with van der Waals surface area (Å²) in [6.45, 7) is 7.41. The molecule has 0 aliphatic rings. The predicted octanol–water partition coefficient (Wildman–Crippen LogP) is 1.32. The van der Waals surface area contributed by atoms with Crippen LogP contribution in [0.15, 0.2) is 6.20 Å². The molecule has 1 aromatic rings. The molecule has 0 saturated heterocycles. The van der Waals surface area contributed by atoms with Crippen molar-refractivity contribution in [3.8, 4) is 6.01 Å². The lowest BCUT2D eigenvalue weighted by Gasteiger charge is -2.08. The van der Waals surface area contributed by atoms with Gasteiger partial charge in [-0.05, 0) is 31.4 Å². The van der Waals surface area contributed by atoms with Gasteiger partial charge in [0.15, 0.2) is 0 Å². The van der Waals surface area contributed by atoms with Gasteiger partial charge in [0.1, 0.15) is 0 Å². The molecule has 0 fully saturated rings. The molecule has 4 nitrogen and oxygen atoms in total. The van der Waals surface area contributed by atoms with Crippen LogP contribution in [0.3, 0.4) is 0 Å². The van der Waals surface area contributed by atoms with Gasteiger partial charge in [0, 0.05) is 11.9 Å². The summed E-state index contributed by atoms with van der Waals surface area (Å²) in [5.41, 5.74) is 7.52. The molecule has 0 aliphatic carbocycles. The Labute approximate surface area is 90.9 Å². The fraction of sp³-hybridized carbons (Fsp3) is 0.636. The summed E-state index contributed by atoms with van der Waals surface area (Å²) in [7, 11) is 0. The van der Waals surface area contributed by atoms with Crippen LogP contribution in [0, 0.1) is 12.8 Å². The van der Waals surface area contributed by atoms with Crippen LogP contribution in [0.25, 0.3) is 0 Å². The average molecular weight is 209 g/mol. The van der Waals surface area contributed by atoms with Gasteiger partial charge in [-0.3, -0.25) is 0 Å². The average Bonchev–Trinajstić information content (AvgIpc) is 2.19. The monoisotopic (exact) mass is 209 g/mol. The standard InChI is InChI=1S/C11H19N3O/c1-8(2)7-15-11-13-6-10(4-5-12)9(3)14-11/h6,8H,4-5,7,12H2,1-3H3. The predicted molar refractivity (Wildman–Crippen MR) is 59.9 cm³/mol. The van der Waals surface area contributed by atoms with Crippen LogP contribution in [-0.2, 0) is 6.42 Å². The zero-order valence-corrected chi connectivity index (χ0v) is 9.66. The Morgan fingerprint density at radius 1 is 1.47 bits per heavy atom. The van der Waals surface area contributed by atoms with E-state index in [0.717, 1.165) is 17.7 Å². The highest BCUT2D eigenvalue weighted by atomic mass is 16.5. The lowest BCUT2D eigenvalue weighted by molar-refractivity contribution is 0.250. The Morgan fingerprint density at radius 2 is 2.20 bits per heavy atom. The third-order valence-electron chi connectivity index (χ3n) is 2.02. The Morgan fingerprint density at radius 3 is 2.73 bits per heavy atom. The van der Waals surface area contributed by atoms with E-state index in [-0.39, 0.29) is 0 Å². The van der Waals surface area contributed by atoms with Crippen molar-refractivity contribution in [1.29, 1.82) is 0 Å². The van der Waals surface area contributed by atoms with E-state index in [1.54, 1.807) is 6.20 Å². The Balaban J connectivity index is 2.64. The van der Waals surface area contributed by atoms with Crippen LogP contribution in [0.1, 0.15) is 25.1 Å². The van der Waals surface area contributed by atoms with Crippen LogP contribution in [0.2, 0.25) is 0 Å². The molecule has 0 aromatic carbocycles. The first-order valence-electron chi connectivity index (χ1n) is 5.29. The lowest BCUT2D eigenvalue weighted by Crippen LogP contribution is -2.10. The second-order valence-corrected chi connectivity index (χ2v) is 4.01. The van der Waals surface area contributed by atoms with Gasteiger partial charge in [-0.25, -0.2) is 9.97 Å². The van der Waals surface area contributed by atoms with Crippen LogP contribution < -0.4 is 10.5 Å². The van der Waals surface area contributed by atoms with Crippen LogP contribution in [-0.4, -0.2) is 23.1 Å². The summed E-state index contributed by atoms with van der Waals surface area (Å²) in [5, 5.41) is 0. The number of aryl methyl sites for hydroxylation is 1. The molecule has 0 aliphatic heterocycles. The molecule has 0 unspecified atom stereocenters. The van der Waals surface area contributed by atoms with Crippen molar-refractivity contribution < 1.29 is 4.74 Å². The van der Waals surface area contributed by atoms with Gasteiger partial charge in [-0.1, -0.05) is 13.8 Å². The highest BCUT2D eigenvalue weighted by molar-refractivity contribution is 5.18. The van der Waals surface area contributed by atoms with Gasteiger partial charge < -0.3 is 10.5 Å². The van der Waals surface area contributed by atoms with Crippen molar-refractivity contribution in [3.05, 3.63) is 17.5 Å². The first-order chi connectivity index (χ1) is 7.13. The van der Waals surface area contributed by atoms with Gasteiger partial charge in [0.2, 0.25) is 0 Å². The van der Waals surface area contributed by atoms with Crippen LogP contribution >= 0.6 is 0 Å². The summed E-state index contributed by atoms with van der Waals surface area (Å²) in [5.74, 6) is 0.484. The highest BCUT2D eigenvalue weighted by Gasteiger charge is 2.04. The topological polar surface area (TPSA) is 61.0 Å². The van der Waals surface area contributed by atoms with E-state index in [0.29, 0.717) is 25.1 Å². The summed E-state index contributed by atoms with van der Waals surface area (Å²) in [6.07, 6.45) is 2.61. The molecule has 0 bridgehead atoms. The van der Waals surface area contributed by atoms with Crippen molar-refractivity contribution >= 4 is 0 Å². The van der Waals surface area contributed by atoms with E-state index in [1.807, 2.05) is 6.92 Å². The second kappa shape index (κ2) is 5.66. The van der Waals surface area contributed by atoms with Gasteiger partial charge >= 0.3 is 6.01 Å². The maximum Gasteiger partial charge on any atom is 0.316 e. The fourth-order valence-electron chi connectivity index (χ4n) is 1.18. The highest BCUT2D eigenvalue weighted by Crippen LogP contribution is 2.09. The molecule has 0 atom stereocenters. The maximum absolute atomic E-state index is 5.48. The molecule has 15 heavy (non-hydrogen) atoms. The summed E-state index contributed by atoms with van der Waals surface area (Å²) < 4.78 is 5.43. The number of rotatable bonds is 5. The van der Waals surface area contributed by atoms with E-state index >= 15 is 0 Å². The first-order valence-corrected chi connectivity index (χ1v) is 5.29. The molecule has 0 radical (unpaired) electrons. The Hall–Kier alpha value is -1.16. The van der Waals surface area contributed by atoms with Crippen molar-refractivity contribution in [2.45, 2.75) is 27.2 Å². The number of nitrogens with zero attached hydrogens (tertiary/aromatic N) is 2. The SMILES string of the molecule is Cc1nc(OCC(C)C)ncc1CCN. The molecule has 84 valence electrons. The number of aromatic nitrogens is 2. The van der Waals surface area contributed by atoms with E-state index in [1.165, 1.54) is 0 Å². The summed E-state index contributed by atoms with van der Waals surface area (Å²) in [4.78, 5) is 8.42. The van der Waals surface area contributed by atoms with Gasteiger partial charge in [-0.15, -0.1) is 0 Å². The van der Waals surface area contributed by atoms with Crippen LogP contribution in [0.5, 0.6) is 6.01 Å². The molecule has 0 saturated carbocycles. The number of ether oxygens (including phenoxy) is 1. The minimum absolute atomic E-state index is 0.460. The Bertz CT molecular complexity index is 313. The zero-order valence-electron chi connectivity index (χ0n) is 9.66. The number of hydrogen-bond donors (Lipinski definition) is 1. The fourth-order valence-corrected chi connectivity index (χ4v) is 1.18. The van der Waals surface area contributed by atoms with Gasteiger partial charge in [-0.2, -0.15) is 0 Å². The zero-order chi connectivity index (χ0) is 11.3. The minimum atomic E-state index is 0.460. The third-order valence-corrected chi connectivity index (χ3v) is 2.02. The van der Waals surface area contributed by atoms with E-state index in [2.05, 4.69) is 23.8 Å². The summed E-state index contributed by atoms with van der Waals surface area (Å²) >= 11 is 0. The largest absolute Gasteiger partial charge is 0.463 e. The smallest absolute Gasteiger partial charge is 0.316 e. The molecule has 1 rings (SSSR count). The van der Waals surface area contributed by atoms with E-state index in [9.17, 15) is 0 Å². The number of hydrogen-bond acceptors (Lipinski definition) is 4. The first kappa shape index (κ1) is 11.9. The van der Waals surface area contributed by atoms with Crippen molar-refractivity contribution in [3.63, 3.8) is 0 Å². The third kappa shape index (κ3) is 3.83. The second-order valence-electron chi connectivity index (χ2n) is 4.01. The van der Waals surface area contributed by atoms with Gasteiger partial charge in [0.25, 0.3) is 0 Å². The van der Waals surface area contributed by atoms with E-state index in [4.69, 9.17) is 10.5 Å². The lowest BCUT2D eigenvalue weighted by atomic mass is 10.2. The minimum Gasteiger partial charge on any atom is -0.463 e. The van der Waals surface area contributed by atoms with Crippen molar-refractivity contribution in [2.24, 2.45) is 11.7 Å². The van der Waals surface area contributed by atoms with Crippen LogP contribution in [0.4, 0.5) is 0 Å². The Kier molecular flexibility index (Phi) is 4.49. The molecule has 1 aromatic heterocycles. The van der Waals surface area contributed by atoms with E-state index < -0.39 is 0 Å². The van der Waals surface area contributed by atoms with Gasteiger partial charge in [0.05, 0.1) is 6.61 Å². The number of nitrogens with two attached hydrogens (primary N) is 1. The molecular weight excluding hydrogens is 190 g/mol. The van der Waals surface area contributed by atoms with Crippen molar-refractivity contribution in [1.82, 2.24) is 9.97 Å². The van der Waals surface area contributed by atoms with Crippen molar-refractivity contribution in [2.75, 3.05) is 13.2 Å². The molecule has 2 N–H and O–H groups in total. The molecule has 1 heterocycles. The molecule has 0 amide bonds. The molecular formula is C11H19N3O. The summed E-state index contributed by atoms with van der Waals surface area (Å²) in [6, 6.07) is 0.460. The maximum atomic E-state index is 5.48. The molecule has 4 heteroatoms.